The number of anilines is 2. The molecule has 0 saturated heterocycles. The van der Waals surface area contributed by atoms with E-state index in [0.29, 0.717) is 22.5 Å². The summed E-state index contributed by atoms with van der Waals surface area (Å²) in [6.07, 6.45) is 0.391. The van der Waals surface area contributed by atoms with Gasteiger partial charge in [0, 0.05) is 22.5 Å². The molecule has 0 radical (unpaired) electrons. The Kier molecular flexibility index (Phi) is 6.15. The van der Waals surface area contributed by atoms with Crippen molar-refractivity contribution in [1.82, 2.24) is 0 Å². The van der Waals surface area contributed by atoms with Gasteiger partial charge in [-0.1, -0.05) is 97.1 Å². The maximum atomic E-state index is 14.4. The van der Waals surface area contributed by atoms with Gasteiger partial charge in [-0.05, 0) is 36.1 Å². The number of carbonyl (C=O) groups is 4. The van der Waals surface area contributed by atoms with Crippen LogP contribution < -0.4 is 9.80 Å². The maximum Gasteiger partial charge on any atom is 0.243 e. The fourth-order valence-corrected chi connectivity index (χ4v) is 5.72. The van der Waals surface area contributed by atoms with Gasteiger partial charge in [0.15, 0.2) is 11.6 Å². The molecule has 4 aromatic carbocycles. The molecular weight excluding hydrogens is 488 g/mol. The quantitative estimate of drug-likeness (QED) is 0.271. The molecule has 0 N–H and O–H groups in total. The third-order valence-electron chi connectivity index (χ3n) is 7.65. The standard InChI is InChI=1S/C33H26N2O4/c36-29(23-11-3-1-4-12-23)21-34-27-17-9-7-15-25(27)19-33(31(34)38)20-26-16-8-10-18-28(26)35(32(33)39)22-30(37)24-13-5-2-6-14-24/h1-18H,19-22H2. The fraction of sp³-hybridized carbons (Fsp3) is 0.152. The van der Waals surface area contributed by atoms with Crippen molar-refractivity contribution in [1.29, 1.82) is 0 Å². The van der Waals surface area contributed by atoms with Crippen molar-refractivity contribution in [3.8, 4) is 0 Å². The number of hydrogen-bond acceptors (Lipinski definition) is 4. The fourth-order valence-electron chi connectivity index (χ4n) is 5.72. The van der Waals surface area contributed by atoms with Gasteiger partial charge in [0.05, 0.1) is 13.1 Å². The van der Waals surface area contributed by atoms with Gasteiger partial charge in [-0.2, -0.15) is 0 Å². The van der Waals surface area contributed by atoms with E-state index in [1.807, 2.05) is 60.7 Å². The van der Waals surface area contributed by atoms with E-state index in [2.05, 4.69) is 0 Å². The molecule has 2 aliphatic heterocycles. The van der Waals surface area contributed by atoms with Crippen molar-refractivity contribution in [2.75, 3.05) is 22.9 Å². The van der Waals surface area contributed by atoms with Crippen molar-refractivity contribution in [2.45, 2.75) is 12.8 Å². The molecule has 2 amide bonds. The molecular formula is C33H26N2O4. The molecule has 1 spiro atoms. The van der Waals surface area contributed by atoms with Crippen molar-refractivity contribution in [3.63, 3.8) is 0 Å². The Bertz CT molecular complexity index is 1480. The van der Waals surface area contributed by atoms with Crippen LogP contribution in [0.15, 0.2) is 109 Å². The monoisotopic (exact) mass is 514 g/mol. The highest BCUT2D eigenvalue weighted by Gasteiger charge is 2.56. The zero-order valence-electron chi connectivity index (χ0n) is 21.2. The summed E-state index contributed by atoms with van der Waals surface area (Å²) < 4.78 is 0. The molecule has 0 aliphatic carbocycles. The molecule has 6 rings (SSSR count). The number of ketones is 2. The Hall–Kier alpha value is -4.84. The van der Waals surface area contributed by atoms with Crippen LogP contribution in [0.1, 0.15) is 31.8 Å². The topological polar surface area (TPSA) is 74.8 Å². The molecule has 39 heavy (non-hydrogen) atoms. The van der Waals surface area contributed by atoms with E-state index in [1.165, 1.54) is 9.80 Å². The van der Waals surface area contributed by atoms with Gasteiger partial charge in [0.25, 0.3) is 0 Å². The molecule has 2 heterocycles. The second kappa shape index (κ2) is 9.80. The summed E-state index contributed by atoms with van der Waals surface area (Å²) in [5.74, 6) is -1.25. The van der Waals surface area contributed by atoms with Crippen LogP contribution in [0.4, 0.5) is 11.4 Å². The Morgan fingerprint density at radius 1 is 0.538 bits per heavy atom. The van der Waals surface area contributed by atoms with Gasteiger partial charge in [-0.3, -0.25) is 19.2 Å². The van der Waals surface area contributed by atoms with Crippen LogP contribution in [0, 0.1) is 5.41 Å². The van der Waals surface area contributed by atoms with E-state index in [1.54, 1.807) is 48.5 Å². The average molecular weight is 515 g/mol. The Balaban J connectivity index is 1.42. The minimum atomic E-state index is -1.46. The van der Waals surface area contributed by atoms with Crippen LogP contribution >= 0.6 is 0 Å². The highest BCUT2D eigenvalue weighted by Crippen LogP contribution is 2.46. The van der Waals surface area contributed by atoms with E-state index >= 15 is 0 Å². The number of para-hydroxylation sites is 2. The lowest BCUT2D eigenvalue weighted by atomic mass is 9.69. The van der Waals surface area contributed by atoms with E-state index < -0.39 is 17.2 Å². The van der Waals surface area contributed by atoms with Gasteiger partial charge in [-0.25, -0.2) is 0 Å². The summed E-state index contributed by atoms with van der Waals surface area (Å²) in [6.45, 7) is -0.362. The Labute approximate surface area is 226 Å². The number of nitrogens with zero attached hydrogens (tertiary/aromatic N) is 2. The minimum Gasteiger partial charge on any atom is -0.303 e. The molecule has 0 unspecified atom stereocenters. The first kappa shape index (κ1) is 24.5. The lowest BCUT2D eigenvalue weighted by Crippen LogP contribution is -2.62. The number of Topliss-reactive ketones (excluding diaryl/α,β-unsaturated/α-hetero) is 2. The van der Waals surface area contributed by atoms with Gasteiger partial charge in [-0.15, -0.1) is 0 Å². The zero-order valence-corrected chi connectivity index (χ0v) is 21.2. The van der Waals surface area contributed by atoms with E-state index in [-0.39, 0.29) is 37.5 Å². The van der Waals surface area contributed by atoms with Crippen molar-refractivity contribution >= 4 is 34.8 Å². The van der Waals surface area contributed by atoms with E-state index in [4.69, 9.17) is 0 Å². The summed E-state index contributed by atoms with van der Waals surface area (Å²) >= 11 is 0. The second-order valence-electron chi connectivity index (χ2n) is 10.1. The molecule has 0 bridgehead atoms. The Morgan fingerprint density at radius 3 is 1.31 bits per heavy atom. The number of amides is 2. The van der Waals surface area contributed by atoms with Crippen LogP contribution in [-0.4, -0.2) is 36.5 Å². The number of fused-ring (bicyclic) bond motifs is 2. The van der Waals surface area contributed by atoms with Crippen molar-refractivity contribution in [3.05, 3.63) is 131 Å². The third-order valence-corrected chi connectivity index (χ3v) is 7.65. The third kappa shape index (κ3) is 4.24. The molecule has 0 fully saturated rings. The summed E-state index contributed by atoms with van der Waals surface area (Å²) in [5, 5.41) is 0. The summed E-state index contributed by atoms with van der Waals surface area (Å²) in [6, 6.07) is 32.5. The van der Waals surface area contributed by atoms with Crippen molar-refractivity contribution in [2.24, 2.45) is 5.41 Å². The molecule has 0 aromatic heterocycles. The number of rotatable bonds is 6. The van der Waals surface area contributed by atoms with Crippen molar-refractivity contribution < 1.29 is 19.2 Å². The largest absolute Gasteiger partial charge is 0.303 e. The zero-order chi connectivity index (χ0) is 27.0. The summed E-state index contributed by atoms with van der Waals surface area (Å²) in [4.78, 5) is 58.2. The Morgan fingerprint density at radius 2 is 0.897 bits per heavy atom. The van der Waals surface area contributed by atoms with Gasteiger partial charge in [0.2, 0.25) is 11.8 Å². The van der Waals surface area contributed by atoms with Crippen LogP contribution in [0.25, 0.3) is 0 Å². The average Bonchev–Trinajstić information content (AvgIpc) is 2.98. The molecule has 6 heteroatoms. The van der Waals surface area contributed by atoms with Crippen LogP contribution in [0.5, 0.6) is 0 Å². The molecule has 2 aliphatic rings. The predicted octanol–water partition coefficient (Wildman–Crippen LogP) is 4.92. The van der Waals surface area contributed by atoms with Gasteiger partial charge < -0.3 is 9.80 Å². The van der Waals surface area contributed by atoms with Gasteiger partial charge in [0.1, 0.15) is 5.41 Å². The molecule has 192 valence electrons. The first-order chi connectivity index (χ1) is 19.0. The lowest BCUT2D eigenvalue weighted by molar-refractivity contribution is -0.141. The second-order valence-corrected chi connectivity index (χ2v) is 10.1. The predicted molar refractivity (Wildman–Crippen MR) is 149 cm³/mol. The van der Waals surface area contributed by atoms with E-state index in [9.17, 15) is 19.2 Å². The number of carbonyl (C=O) groups excluding carboxylic acids is 4. The first-order valence-corrected chi connectivity index (χ1v) is 12.9. The molecule has 6 nitrogen and oxygen atoms in total. The smallest absolute Gasteiger partial charge is 0.243 e. The summed E-state index contributed by atoms with van der Waals surface area (Å²) in [5.41, 5.74) is 2.44. The highest BCUT2D eigenvalue weighted by atomic mass is 16.2. The van der Waals surface area contributed by atoms with Crippen LogP contribution in [0.3, 0.4) is 0 Å². The van der Waals surface area contributed by atoms with Gasteiger partial charge >= 0.3 is 0 Å². The normalized spacial score (nSPS) is 15.6. The maximum absolute atomic E-state index is 14.4. The highest BCUT2D eigenvalue weighted by molar-refractivity contribution is 6.22. The molecule has 4 aromatic rings. The number of hydrogen-bond donors (Lipinski definition) is 0. The molecule has 0 saturated carbocycles. The minimum absolute atomic E-state index is 0.181. The van der Waals surface area contributed by atoms with Crippen LogP contribution in [-0.2, 0) is 22.4 Å². The van der Waals surface area contributed by atoms with Crippen LogP contribution in [0.2, 0.25) is 0 Å². The number of benzene rings is 4. The lowest BCUT2D eigenvalue weighted by Gasteiger charge is -2.46. The molecule has 0 atom stereocenters. The van der Waals surface area contributed by atoms with E-state index in [0.717, 1.165) is 11.1 Å². The summed E-state index contributed by atoms with van der Waals surface area (Å²) in [7, 11) is 0. The SMILES string of the molecule is O=C(CN1C(=O)C2(Cc3ccccc31)Cc1ccccc1N(CC(=O)c1ccccc1)C2=O)c1ccccc1. The first-order valence-electron chi connectivity index (χ1n) is 12.9.